The summed E-state index contributed by atoms with van der Waals surface area (Å²) in [5.74, 6) is 0.696. The number of aryl methyl sites for hydroxylation is 1. The smallest absolute Gasteiger partial charge is 0.0396 e. The van der Waals surface area contributed by atoms with Crippen molar-refractivity contribution in [3.8, 4) is 0 Å². The summed E-state index contributed by atoms with van der Waals surface area (Å²) in [5, 5.41) is 3.50. The third-order valence-electron chi connectivity index (χ3n) is 3.91. The molecule has 1 aliphatic heterocycles. The summed E-state index contributed by atoms with van der Waals surface area (Å²) in [6.07, 6.45) is 2.62. The minimum absolute atomic E-state index is 0.696. The van der Waals surface area contributed by atoms with Crippen LogP contribution in [0, 0.1) is 13.8 Å². The van der Waals surface area contributed by atoms with Crippen molar-refractivity contribution >= 4 is 5.69 Å². The summed E-state index contributed by atoms with van der Waals surface area (Å²) in [5.41, 5.74) is 5.69. The molecule has 2 nitrogen and oxygen atoms in total. The molecule has 1 aliphatic rings. The maximum Gasteiger partial charge on any atom is 0.0396 e. The number of hydrogen-bond acceptors (Lipinski definition) is 2. The zero-order valence-electron chi connectivity index (χ0n) is 11.5. The molecule has 0 spiro atoms. The quantitative estimate of drug-likeness (QED) is 0.843. The summed E-state index contributed by atoms with van der Waals surface area (Å²) in [4.78, 5) is 2.22. The zero-order valence-corrected chi connectivity index (χ0v) is 11.5. The summed E-state index contributed by atoms with van der Waals surface area (Å²) in [6.45, 7) is 6.76. The van der Waals surface area contributed by atoms with Crippen molar-refractivity contribution in [1.29, 1.82) is 0 Å². The van der Waals surface area contributed by atoms with Crippen LogP contribution in [0.2, 0.25) is 0 Å². The van der Waals surface area contributed by atoms with Crippen molar-refractivity contribution in [3.05, 3.63) is 28.8 Å². The van der Waals surface area contributed by atoms with E-state index in [1.165, 1.54) is 41.8 Å². The Hall–Kier alpha value is -1.02. The molecule has 94 valence electrons. The Kier molecular flexibility index (Phi) is 3.72. The maximum atomic E-state index is 3.50. The van der Waals surface area contributed by atoms with Crippen LogP contribution in [0.3, 0.4) is 0 Å². The number of nitrogens with zero attached hydrogens (tertiary/aromatic N) is 1. The third-order valence-corrected chi connectivity index (χ3v) is 3.91. The highest BCUT2D eigenvalue weighted by molar-refractivity contribution is 5.57. The van der Waals surface area contributed by atoms with Crippen LogP contribution in [-0.4, -0.2) is 27.2 Å². The summed E-state index contributed by atoms with van der Waals surface area (Å²) in [7, 11) is 4.26. The molecule has 1 aromatic rings. The molecule has 0 amide bonds. The molecular formula is C15H24N2. The first-order chi connectivity index (χ1) is 8.09. The molecule has 17 heavy (non-hydrogen) atoms. The second-order valence-corrected chi connectivity index (χ2v) is 5.42. The van der Waals surface area contributed by atoms with Crippen LogP contribution in [-0.2, 0) is 0 Å². The van der Waals surface area contributed by atoms with Gasteiger partial charge in [-0.3, -0.25) is 0 Å². The van der Waals surface area contributed by atoms with Crippen LogP contribution >= 0.6 is 0 Å². The van der Waals surface area contributed by atoms with Gasteiger partial charge in [0.1, 0.15) is 0 Å². The van der Waals surface area contributed by atoms with Gasteiger partial charge in [0.05, 0.1) is 0 Å². The van der Waals surface area contributed by atoms with Crippen molar-refractivity contribution in [3.63, 3.8) is 0 Å². The number of nitrogens with one attached hydrogen (secondary N) is 1. The molecule has 1 heterocycles. The molecule has 1 N–H and O–H groups in total. The highest BCUT2D eigenvalue weighted by atomic mass is 15.1. The van der Waals surface area contributed by atoms with Gasteiger partial charge in [-0.25, -0.2) is 0 Å². The molecule has 0 aromatic heterocycles. The Morgan fingerprint density at radius 2 is 2.00 bits per heavy atom. The number of hydrogen-bond donors (Lipinski definition) is 1. The van der Waals surface area contributed by atoms with Crippen molar-refractivity contribution < 1.29 is 0 Å². The average Bonchev–Trinajstić information content (AvgIpc) is 2.33. The normalized spacial score (nSPS) is 20.4. The summed E-state index contributed by atoms with van der Waals surface area (Å²) >= 11 is 0. The topological polar surface area (TPSA) is 15.3 Å². The van der Waals surface area contributed by atoms with E-state index < -0.39 is 0 Å². The van der Waals surface area contributed by atoms with E-state index in [4.69, 9.17) is 0 Å². The van der Waals surface area contributed by atoms with Crippen LogP contribution in [0.15, 0.2) is 12.1 Å². The molecule has 1 unspecified atom stereocenters. The van der Waals surface area contributed by atoms with Gasteiger partial charge in [0.15, 0.2) is 0 Å². The lowest BCUT2D eigenvalue weighted by Crippen LogP contribution is -2.28. The third kappa shape index (κ3) is 2.63. The van der Waals surface area contributed by atoms with Crippen LogP contribution in [0.25, 0.3) is 0 Å². The van der Waals surface area contributed by atoms with Crippen LogP contribution in [0.4, 0.5) is 5.69 Å². The Bertz CT molecular complexity index is 390. The monoisotopic (exact) mass is 232 g/mol. The molecule has 0 bridgehead atoms. The highest BCUT2D eigenvalue weighted by Gasteiger charge is 2.17. The van der Waals surface area contributed by atoms with E-state index in [2.05, 4.69) is 50.3 Å². The molecule has 0 saturated carbocycles. The van der Waals surface area contributed by atoms with Crippen molar-refractivity contribution in [2.24, 2.45) is 0 Å². The van der Waals surface area contributed by atoms with E-state index in [1.807, 2.05) is 0 Å². The minimum atomic E-state index is 0.696. The van der Waals surface area contributed by atoms with Gasteiger partial charge >= 0.3 is 0 Å². The van der Waals surface area contributed by atoms with Gasteiger partial charge in [0.25, 0.3) is 0 Å². The van der Waals surface area contributed by atoms with E-state index in [0.717, 1.165) is 6.54 Å². The van der Waals surface area contributed by atoms with E-state index in [9.17, 15) is 0 Å². The Labute approximate surface area is 105 Å². The van der Waals surface area contributed by atoms with Crippen LogP contribution < -0.4 is 10.2 Å². The minimum Gasteiger partial charge on any atom is -0.377 e. The standard InChI is InChI=1S/C15H24N2/c1-11-8-14(13-6-5-7-16-10-13)9-15(12(11)2)17(3)4/h8-9,13,16H,5-7,10H2,1-4H3. The molecule has 1 fully saturated rings. The summed E-state index contributed by atoms with van der Waals surface area (Å²) in [6, 6.07) is 4.75. The number of anilines is 1. The van der Waals surface area contributed by atoms with Crippen LogP contribution in [0.1, 0.15) is 35.4 Å². The zero-order chi connectivity index (χ0) is 12.4. The molecule has 2 heteroatoms. The molecule has 1 saturated heterocycles. The SMILES string of the molecule is Cc1cc(C2CCCNC2)cc(N(C)C)c1C. The lowest BCUT2D eigenvalue weighted by molar-refractivity contribution is 0.461. The first kappa shape index (κ1) is 12.4. The number of benzene rings is 1. The van der Waals surface area contributed by atoms with E-state index in [-0.39, 0.29) is 0 Å². The first-order valence-electron chi connectivity index (χ1n) is 6.59. The predicted octanol–water partition coefficient (Wildman–Crippen LogP) is 2.84. The second-order valence-electron chi connectivity index (χ2n) is 5.42. The van der Waals surface area contributed by atoms with E-state index >= 15 is 0 Å². The van der Waals surface area contributed by atoms with E-state index in [1.54, 1.807) is 0 Å². The number of rotatable bonds is 2. The molecule has 0 aliphatic carbocycles. The first-order valence-corrected chi connectivity index (χ1v) is 6.59. The van der Waals surface area contributed by atoms with Gasteiger partial charge in [-0.1, -0.05) is 6.07 Å². The molecular weight excluding hydrogens is 208 g/mol. The molecule has 1 atom stereocenters. The van der Waals surface area contributed by atoms with Crippen molar-refractivity contribution in [2.45, 2.75) is 32.6 Å². The fourth-order valence-electron chi connectivity index (χ4n) is 2.70. The predicted molar refractivity (Wildman–Crippen MR) is 75.1 cm³/mol. The van der Waals surface area contributed by atoms with Gasteiger partial charge in [-0.15, -0.1) is 0 Å². The molecule has 1 aromatic carbocycles. The number of piperidine rings is 1. The fourth-order valence-corrected chi connectivity index (χ4v) is 2.70. The van der Waals surface area contributed by atoms with Gasteiger partial charge in [0.2, 0.25) is 0 Å². The highest BCUT2D eigenvalue weighted by Crippen LogP contribution is 2.30. The molecule has 2 rings (SSSR count). The van der Waals surface area contributed by atoms with Gasteiger partial charge in [-0.05, 0) is 61.9 Å². The lowest BCUT2D eigenvalue weighted by atomic mass is 9.89. The van der Waals surface area contributed by atoms with E-state index in [0.29, 0.717) is 5.92 Å². The second kappa shape index (κ2) is 5.09. The Morgan fingerprint density at radius 1 is 1.24 bits per heavy atom. The largest absolute Gasteiger partial charge is 0.377 e. The average molecular weight is 232 g/mol. The van der Waals surface area contributed by atoms with Gasteiger partial charge < -0.3 is 10.2 Å². The Balaban J connectivity index is 2.34. The van der Waals surface area contributed by atoms with Crippen LogP contribution in [0.5, 0.6) is 0 Å². The summed E-state index contributed by atoms with van der Waals surface area (Å²) < 4.78 is 0. The maximum absolute atomic E-state index is 3.50. The van der Waals surface area contributed by atoms with Crippen molar-refractivity contribution in [2.75, 3.05) is 32.1 Å². The molecule has 0 radical (unpaired) electrons. The van der Waals surface area contributed by atoms with Crippen molar-refractivity contribution in [1.82, 2.24) is 5.32 Å². The lowest BCUT2D eigenvalue weighted by Gasteiger charge is -2.26. The Morgan fingerprint density at radius 3 is 2.59 bits per heavy atom. The van der Waals surface area contributed by atoms with Gasteiger partial charge in [-0.2, -0.15) is 0 Å². The fraction of sp³-hybridized carbons (Fsp3) is 0.600. The van der Waals surface area contributed by atoms with Gasteiger partial charge in [0, 0.05) is 26.3 Å².